The van der Waals surface area contributed by atoms with E-state index in [0.29, 0.717) is 18.7 Å². The third-order valence-corrected chi connectivity index (χ3v) is 6.24. The molecule has 1 saturated carbocycles. The van der Waals surface area contributed by atoms with Crippen LogP contribution < -0.4 is 11.1 Å². The van der Waals surface area contributed by atoms with Gasteiger partial charge in [-0.25, -0.2) is 8.42 Å². The number of carbonyl (C=O) groups is 1. The van der Waals surface area contributed by atoms with Gasteiger partial charge < -0.3 is 11.1 Å². The van der Waals surface area contributed by atoms with Crippen molar-refractivity contribution in [3.05, 3.63) is 29.8 Å². The normalized spacial score (nSPS) is 16.5. The van der Waals surface area contributed by atoms with Crippen molar-refractivity contribution in [3.63, 3.8) is 0 Å². The van der Waals surface area contributed by atoms with Crippen molar-refractivity contribution in [3.8, 4) is 0 Å². The van der Waals surface area contributed by atoms with E-state index in [9.17, 15) is 13.2 Å². The van der Waals surface area contributed by atoms with Gasteiger partial charge in [-0.2, -0.15) is 4.31 Å². The second kappa shape index (κ2) is 7.90. The molecule has 0 heterocycles. The summed E-state index contributed by atoms with van der Waals surface area (Å²) in [7, 11) is -1.87. The molecule has 1 aromatic carbocycles. The summed E-state index contributed by atoms with van der Waals surface area (Å²) in [5.41, 5.74) is 5.77. The molecule has 128 valence electrons. The van der Waals surface area contributed by atoms with Crippen LogP contribution in [0.3, 0.4) is 0 Å². The molecule has 0 radical (unpaired) electrons. The second-order valence-corrected chi connectivity index (χ2v) is 7.88. The van der Waals surface area contributed by atoms with E-state index in [1.165, 1.54) is 35.0 Å². The summed E-state index contributed by atoms with van der Waals surface area (Å²) in [4.78, 5) is 12.0. The lowest BCUT2D eigenvalue weighted by Gasteiger charge is -2.30. The lowest BCUT2D eigenvalue weighted by atomic mass is 9.96. The zero-order chi connectivity index (χ0) is 16.9. The standard InChI is InChI=1S/C16H25N3O3S/c1-19(14-5-3-2-4-6-14)23(21,22)15-9-7-13(8-10-15)16(20)18-12-11-17/h7-10,14H,2-6,11-12,17H2,1H3,(H,18,20). The Bertz CT molecular complexity index is 622. The fraction of sp³-hybridized carbons (Fsp3) is 0.562. The van der Waals surface area contributed by atoms with Crippen LogP contribution in [0.4, 0.5) is 0 Å². The van der Waals surface area contributed by atoms with Crippen LogP contribution in [-0.2, 0) is 10.0 Å². The molecular formula is C16H25N3O3S. The van der Waals surface area contributed by atoms with Crippen molar-refractivity contribution in [2.75, 3.05) is 20.1 Å². The number of carbonyl (C=O) groups excluding carboxylic acids is 1. The Hall–Kier alpha value is -1.44. The summed E-state index contributed by atoms with van der Waals surface area (Å²) in [6.07, 6.45) is 5.15. The molecular weight excluding hydrogens is 314 g/mol. The first kappa shape index (κ1) is 17.9. The van der Waals surface area contributed by atoms with Crippen molar-refractivity contribution >= 4 is 15.9 Å². The quantitative estimate of drug-likeness (QED) is 0.818. The lowest BCUT2D eigenvalue weighted by molar-refractivity contribution is 0.0954. The van der Waals surface area contributed by atoms with Gasteiger partial charge in [-0.3, -0.25) is 4.79 Å². The Kier molecular flexibility index (Phi) is 6.15. The lowest BCUT2D eigenvalue weighted by Crippen LogP contribution is -2.38. The Morgan fingerprint density at radius 1 is 1.22 bits per heavy atom. The van der Waals surface area contributed by atoms with Crippen LogP contribution in [0.15, 0.2) is 29.2 Å². The zero-order valence-corrected chi connectivity index (χ0v) is 14.3. The first-order valence-electron chi connectivity index (χ1n) is 8.03. The highest BCUT2D eigenvalue weighted by atomic mass is 32.2. The maximum Gasteiger partial charge on any atom is 0.251 e. The number of rotatable bonds is 6. The van der Waals surface area contributed by atoms with Crippen LogP contribution in [0.1, 0.15) is 42.5 Å². The van der Waals surface area contributed by atoms with E-state index in [2.05, 4.69) is 5.32 Å². The van der Waals surface area contributed by atoms with E-state index >= 15 is 0 Å². The van der Waals surface area contributed by atoms with E-state index < -0.39 is 10.0 Å². The minimum absolute atomic E-state index is 0.0706. The summed E-state index contributed by atoms with van der Waals surface area (Å²) in [6, 6.07) is 6.13. The van der Waals surface area contributed by atoms with Gasteiger partial charge in [-0.15, -0.1) is 0 Å². The summed E-state index contributed by atoms with van der Waals surface area (Å²) < 4.78 is 26.9. The molecule has 1 amide bonds. The number of nitrogens with one attached hydrogen (secondary N) is 1. The van der Waals surface area contributed by atoms with Crippen LogP contribution in [0, 0.1) is 0 Å². The maximum atomic E-state index is 12.7. The molecule has 1 aromatic rings. The second-order valence-electron chi connectivity index (χ2n) is 5.88. The van der Waals surface area contributed by atoms with Gasteiger partial charge in [0.2, 0.25) is 10.0 Å². The number of nitrogens with zero attached hydrogens (tertiary/aromatic N) is 1. The van der Waals surface area contributed by atoms with E-state index in [1.807, 2.05) is 0 Å². The number of hydrogen-bond acceptors (Lipinski definition) is 4. The van der Waals surface area contributed by atoms with Crippen LogP contribution >= 0.6 is 0 Å². The molecule has 0 unspecified atom stereocenters. The predicted molar refractivity (Wildman–Crippen MR) is 89.7 cm³/mol. The molecule has 3 N–H and O–H groups in total. The summed E-state index contributed by atoms with van der Waals surface area (Å²) in [5.74, 6) is -0.250. The predicted octanol–water partition coefficient (Wildman–Crippen LogP) is 1.33. The highest BCUT2D eigenvalue weighted by Crippen LogP contribution is 2.26. The Morgan fingerprint density at radius 3 is 2.39 bits per heavy atom. The number of amides is 1. The molecule has 0 aromatic heterocycles. The molecule has 6 nitrogen and oxygen atoms in total. The van der Waals surface area contributed by atoms with Crippen molar-refractivity contribution in [2.24, 2.45) is 5.73 Å². The van der Waals surface area contributed by atoms with Gasteiger partial charge in [-0.05, 0) is 37.1 Å². The van der Waals surface area contributed by atoms with Gasteiger partial charge >= 0.3 is 0 Å². The minimum atomic E-state index is -3.52. The first-order chi connectivity index (χ1) is 11.0. The summed E-state index contributed by atoms with van der Waals surface area (Å²) in [5, 5.41) is 2.66. The molecule has 0 spiro atoms. The van der Waals surface area contributed by atoms with Crippen LogP contribution in [0.2, 0.25) is 0 Å². The smallest absolute Gasteiger partial charge is 0.251 e. The molecule has 2 rings (SSSR count). The van der Waals surface area contributed by atoms with E-state index in [4.69, 9.17) is 5.73 Å². The van der Waals surface area contributed by atoms with Crippen molar-refractivity contribution in [2.45, 2.75) is 43.0 Å². The van der Waals surface area contributed by atoms with Crippen LogP contribution in [0.25, 0.3) is 0 Å². The number of hydrogen-bond donors (Lipinski definition) is 2. The van der Waals surface area contributed by atoms with Gasteiger partial charge in [0.1, 0.15) is 0 Å². The van der Waals surface area contributed by atoms with Crippen LogP contribution in [-0.4, -0.2) is 44.8 Å². The molecule has 0 atom stereocenters. The molecule has 7 heteroatoms. The first-order valence-corrected chi connectivity index (χ1v) is 9.47. The molecule has 1 aliphatic carbocycles. The van der Waals surface area contributed by atoms with Crippen molar-refractivity contribution < 1.29 is 13.2 Å². The van der Waals surface area contributed by atoms with Gasteiger partial charge in [0.25, 0.3) is 5.91 Å². The van der Waals surface area contributed by atoms with Gasteiger partial charge in [-0.1, -0.05) is 19.3 Å². The molecule has 0 bridgehead atoms. The fourth-order valence-electron chi connectivity index (χ4n) is 2.87. The molecule has 1 fully saturated rings. The maximum absolute atomic E-state index is 12.7. The summed E-state index contributed by atoms with van der Waals surface area (Å²) >= 11 is 0. The topological polar surface area (TPSA) is 92.5 Å². The molecule has 0 saturated heterocycles. The Labute approximate surface area is 138 Å². The van der Waals surface area contributed by atoms with Gasteiger partial charge in [0.05, 0.1) is 4.90 Å². The number of nitrogens with two attached hydrogens (primary N) is 1. The molecule has 0 aliphatic heterocycles. The van der Waals surface area contributed by atoms with Crippen LogP contribution in [0.5, 0.6) is 0 Å². The van der Waals surface area contributed by atoms with E-state index in [0.717, 1.165) is 25.7 Å². The van der Waals surface area contributed by atoms with Crippen molar-refractivity contribution in [1.82, 2.24) is 9.62 Å². The zero-order valence-electron chi connectivity index (χ0n) is 13.5. The minimum Gasteiger partial charge on any atom is -0.351 e. The number of sulfonamides is 1. The third kappa shape index (κ3) is 4.31. The highest BCUT2D eigenvalue weighted by Gasteiger charge is 2.29. The monoisotopic (exact) mass is 339 g/mol. The Balaban J connectivity index is 2.12. The largest absolute Gasteiger partial charge is 0.351 e. The third-order valence-electron chi connectivity index (χ3n) is 4.31. The van der Waals surface area contributed by atoms with E-state index in [-0.39, 0.29) is 16.8 Å². The average molecular weight is 339 g/mol. The van der Waals surface area contributed by atoms with Gasteiger partial charge in [0, 0.05) is 31.7 Å². The van der Waals surface area contributed by atoms with Gasteiger partial charge in [0.15, 0.2) is 0 Å². The average Bonchev–Trinajstić information content (AvgIpc) is 2.59. The van der Waals surface area contributed by atoms with E-state index in [1.54, 1.807) is 7.05 Å². The van der Waals surface area contributed by atoms with Crippen molar-refractivity contribution in [1.29, 1.82) is 0 Å². The molecule has 23 heavy (non-hydrogen) atoms. The SMILES string of the molecule is CN(C1CCCCC1)S(=O)(=O)c1ccc(C(=O)NCCN)cc1. The fourth-order valence-corrected chi connectivity index (χ4v) is 4.29. The summed E-state index contributed by atoms with van der Waals surface area (Å²) in [6.45, 7) is 0.758. The number of benzene rings is 1. The highest BCUT2D eigenvalue weighted by molar-refractivity contribution is 7.89. The molecule has 1 aliphatic rings. The Morgan fingerprint density at radius 2 is 1.83 bits per heavy atom.